The summed E-state index contributed by atoms with van der Waals surface area (Å²) in [6.07, 6.45) is 0.293. The molecule has 0 aliphatic carbocycles. The van der Waals surface area contributed by atoms with Crippen molar-refractivity contribution in [2.24, 2.45) is 0 Å². The third-order valence-electron chi connectivity index (χ3n) is 2.93. The highest BCUT2D eigenvalue weighted by molar-refractivity contribution is 7.99. The lowest BCUT2D eigenvalue weighted by atomic mass is 10.1. The molecule has 1 fully saturated rings. The van der Waals surface area contributed by atoms with Gasteiger partial charge in [-0.25, -0.2) is 4.79 Å². The Morgan fingerprint density at radius 3 is 2.74 bits per heavy atom. The summed E-state index contributed by atoms with van der Waals surface area (Å²) < 4.78 is 0. The average molecular weight is 280 g/mol. The van der Waals surface area contributed by atoms with Gasteiger partial charge >= 0.3 is 5.97 Å². The highest BCUT2D eigenvalue weighted by Gasteiger charge is 2.27. The van der Waals surface area contributed by atoms with E-state index in [1.807, 2.05) is 30.3 Å². The summed E-state index contributed by atoms with van der Waals surface area (Å²) in [5.41, 5.74) is 0.893. The molecule has 102 valence electrons. The number of carboxylic acid groups (broad SMARTS) is 1. The molecule has 2 rings (SSSR count). The Morgan fingerprint density at radius 1 is 1.42 bits per heavy atom. The Balaban J connectivity index is 1.96. The summed E-state index contributed by atoms with van der Waals surface area (Å²) in [5.74, 6) is 0.161. The van der Waals surface area contributed by atoms with Gasteiger partial charge in [0.25, 0.3) is 0 Å². The maximum atomic E-state index is 11.9. The Morgan fingerprint density at radius 2 is 2.16 bits per heavy atom. The quantitative estimate of drug-likeness (QED) is 0.730. The first-order valence-corrected chi connectivity index (χ1v) is 7.20. The summed E-state index contributed by atoms with van der Waals surface area (Å²) in [7, 11) is 0. The lowest BCUT2D eigenvalue weighted by Crippen LogP contribution is -2.50. The molecular formula is C13H16N2O3S. The summed E-state index contributed by atoms with van der Waals surface area (Å²) in [6, 6.07) is 8.11. The Hall–Kier alpha value is -1.53. The molecule has 1 unspecified atom stereocenters. The molecule has 3 N–H and O–H groups in total. The minimum Gasteiger partial charge on any atom is -0.480 e. The Bertz CT molecular complexity index is 446. The minimum atomic E-state index is -1.01. The second kappa shape index (κ2) is 6.58. The zero-order valence-corrected chi connectivity index (χ0v) is 11.2. The number of hydrogen-bond donors (Lipinski definition) is 3. The number of nitrogens with one attached hydrogen (secondary N) is 2. The summed E-state index contributed by atoms with van der Waals surface area (Å²) >= 11 is 1.63. The highest BCUT2D eigenvalue weighted by atomic mass is 32.2. The van der Waals surface area contributed by atoms with Gasteiger partial charge in [-0.2, -0.15) is 0 Å². The molecule has 1 saturated heterocycles. The van der Waals surface area contributed by atoms with Crippen LogP contribution in [-0.2, 0) is 16.0 Å². The number of amides is 1. The first-order chi connectivity index (χ1) is 9.16. The van der Waals surface area contributed by atoms with Crippen LogP contribution in [0.3, 0.4) is 0 Å². The van der Waals surface area contributed by atoms with Crippen molar-refractivity contribution < 1.29 is 14.7 Å². The van der Waals surface area contributed by atoms with Crippen molar-refractivity contribution in [3.63, 3.8) is 0 Å². The van der Waals surface area contributed by atoms with Crippen LogP contribution in [0.5, 0.6) is 0 Å². The molecular weight excluding hydrogens is 264 g/mol. The van der Waals surface area contributed by atoms with Crippen molar-refractivity contribution in [3.05, 3.63) is 35.9 Å². The maximum absolute atomic E-state index is 11.9. The number of carbonyl (C=O) groups is 2. The topological polar surface area (TPSA) is 78.4 Å². The number of aliphatic carboxylic acids is 1. The van der Waals surface area contributed by atoms with E-state index in [0.29, 0.717) is 12.2 Å². The molecule has 19 heavy (non-hydrogen) atoms. The van der Waals surface area contributed by atoms with Gasteiger partial charge in [-0.3, -0.25) is 10.1 Å². The summed E-state index contributed by atoms with van der Waals surface area (Å²) in [4.78, 5) is 23.1. The zero-order valence-electron chi connectivity index (χ0n) is 10.3. The molecule has 0 bridgehead atoms. The number of thioether (sulfide) groups is 1. The van der Waals surface area contributed by atoms with E-state index in [9.17, 15) is 14.7 Å². The van der Waals surface area contributed by atoms with Crippen molar-refractivity contribution in [1.82, 2.24) is 10.6 Å². The summed E-state index contributed by atoms with van der Waals surface area (Å²) in [6.45, 7) is 0. The molecule has 2 atom stereocenters. The first kappa shape index (κ1) is 13.9. The van der Waals surface area contributed by atoms with Gasteiger partial charge in [0.1, 0.15) is 6.04 Å². The molecule has 1 amide bonds. The Kier molecular flexibility index (Phi) is 4.81. The van der Waals surface area contributed by atoms with E-state index >= 15 is 0 Å². The lowest BCUT2D eigenvalue weighted by Gasteiger charge is -2.17. The first-order valence-electron chi connectivity index (χ1n) is 6.05. The van der Waals surface area contributed by atoms with Crippen LogP contribution in [0.4, 0.5) is 0 Å². The van der Waals surface area contributed by atoms with Gasteiger partial charge in [0, 0.05) is 18.1 Å². The van der Waals surface area contributed by atoms with Gasteiger partial charge < -0.3 is 10.4 Å². The van der Waals surface area contributed by atoms with Gasteiger partial charge in [-0.05, 0) is 5.56 Å². The van der Waals surface area contributed by atoms with Crippen LogP contribution in [0, 0.1) is 0 Å². The fourth-order valence-electron chi connectivity index (χ4n) is 1.89. The molecule has 1 aromatic rings. The van der Waals surface area contributed by atoms with Crippen LogP contribution >= 0.6 is 11.8 Å². The van der Waals surface area contributed by atoms with Crippen molar-refractivity contribution in [2.45, 2.75) is 18.5 Å². The standard InChI is InChI=1S/C13H16N2O3S/c16-12(11-7-19-8-14-11)15-10(13(17)18)6-9-4-2-1-3-5-9/h1-5,10-11,14H,6-8H2,(H,15,16)(H,17,18)/t10-,11?/m0/s1. The van der Waals surface area contributed by atoms with Gasteiger partial charge in [-0.1, -0.05) is 30.3 Å². The maximum Gasteiger partial charge on any atom is 0.326 e. The molecule has 0 radical (unpaired) electrons. The molecule has 1 aliphatic rings. The third kappa shape index (κ3) is 3.97. The number of carbonyl (C=O) groups excluding carboxylic acids is 1. The van der Waals surface area contributed by atoms with Crippen LogP contribution in [0.15, 0.2) is 30.3 Å². The van der Waals surface area contributed by atoms with Crippen molar-refractivity contribution in [2.75, 3.05) is 11.6 Å². The number of hydrogen-bond acceptors (Lipinski definition) is 4. The monoisotopic (exact) mass is 280 g/mol. The van der Waals surface area contributed by atoms with Gasteiger partial charge in [0.05, 0.1) is 6.04 Å². The summed E-state index contributed by atoms with van der Waals surface area (Å²) in [5, 5.41) is 14.8. The van der Waals surface area contributed by atoms with Gasteiger partial charge in [0.2, 0.25) is 5.91 Å². The number of benzene rings is 1. The molecule has 0 spiro atoms. The van der Waals surface area contributed by atoms with E-state index in [1.54, 1.807) is 11.8 Å². The van der Waals surface area contributed by atoms with Crippen LogP contribution < -0.4 is 10.6 Å². The predicted molar refractivity (Wildman–Crippen MR) is 74.0 cm³/mol. The smallest absolute Gasteiger partial charge is 0.326 e. The third-order valence-corrected chi connectivity index (χ3v) is 3.87. The van der Waals surface area contributed by atoms with Crippen LogP contribution in [0.1, 0.15) is 5.56 Å². The number of rotatable bonds is 5. The van der Waals surface area contributed by atoms with E-state index < -0.39 is 12.0 Å². The van der Waals surface area contributed by atoms with Gasteiger partial charge in [-0.15, -0.1) is 11.8 Å². The highest BCUT2D eigenvalue weighted by Crippen LogP contribution is 2.10. The predicted octanol–water partition coefficient (Wildman–Crippen LogP) is 0.461. The molecule has 1 aliphatic heterocycles. The molecule has 1 aromatic carbocycles. The van der Waals surface area contributed by atoms with E-state index in [4.69, 9.17) is 0 Å². The second-order valence-electron chi connectivity index (χ2n) is 4.36. The zero-order chi connectivity index (χ0) is 13.7. The van der Waals surface area contributed by atoms with Crippen molar-refractivity contribution in [3.8, 4) is 0 Å². The number of carboxylic acids is 1. The largest absolute Gasteiger partial charge is 0.480 e. The second-order valence-corrected chi connectivity index (χ2v) is 5.39. The van der Waals surface area contributed by atoms with E-state index in [0.717, 1.165) is 11.4 Å². The van der Waals surface area contributed by atoms with Crippen molar-refractivity contribution >= 4 is 23.6 Å². The Labute approximate surface area is 115 Å². The lowest BCUT2D eigenvalue weighted by molar-refractivity contribution is -0.142. The van der Waals surface area contributed by atoms with E-state index in [1.165, 1.54) is 0 Å². The average Bonchev–Trinajstić information content (AvgIpc) is 2.93. The van der Waals surface area contributed by atoms with Crippen LogP contribution in [0.25, 0.3) is 0 Å². The molecule has 0 saturated carbocycles. The fourth-order valence-corrected chi connectivity index (χ4v) is 2.83. The molecule has 0 aromatic heterocycles. The molecule has 1 heterocycles. The van der Waals surface area contributed by atoms with E-state index in [2.05, 4.69) is 10.6 Å². The van der Waals surface area contributed by atoms with Crippen molar-refractivity contribution in [1.29, 1.82) is 0 Å². The van der Waals surface area contributed by atoms with E-state index in [-0.39, 0.29) is 11.9 Å². The SMILES string of the molecule is O=C(N[C@@H](Cc1ccccc1)C(=O)O)C1CSCN1. The minimum absolute atomic E-state index is 0.242. The fraction of sp³-hybridized carbons (Fsp3) is 0.385. The molecule has 5 nitrogen and oxygen atoms in total. The normalized spacial score (nSPS) is 19.9. The van der Waals surface area contributed by atoms with Crippen LogP contribution in [-0.4, -0.2) is 40.7 Å². The van der Waals surface area contributed by atoms with Crippen LogP contribution in [0.2, 0.25) is 0 Å². The van der Waals surface area contributed by atoms with Gasteiger partial charge in [0.15, 0.2) is 0 Å². The molecule has 6 heteroatoms.